The highest BCUT2D eigenvalue weighted by molar-refractivity contribution is 8.23. The van der Waals surface area contributed by atoms with E-state index in [4.69, 9.17) is 20.3 Å². The average Bonchev–Trinajstić information content (AvgIpc) is 3.17. The molecule has 1 aromatic heterocycles. The molecule has 3 aromatic rings. The van der Waals surface area contributed by atoms with Crippen LogP contribution in [0.5, 0.6) is 17.2 Å². The number of benzene rings is 2. The van der Waals surface area contributed by atoms with Crippen molar-refractivity contribution in [3.8, 4) is 17.2 Å². The number of hydrogen-bond acceptors (Lipinski definition) is 11. The molecule has 14 heteroatoms. The molecule has 0 aliphatic carbocycles. The van der Waals surface area contributed by atoms with Crippen molar-refractivity contribution in [3.63, 3.8) is 0 Å². The third-order valence-electron chi connectivity index (χ3n) is 4.27. The SMILES string of the molecule is COc1ccc(NC(=O)CCC(=O)Oc2ccc3nc(S(N)(O)O)sc3c2)c(O)c1C(N)=O. The second kappa shape index (κ2) is 9.60. The van der Waals surface area contributed by atoms with Gasteiger partial charge < -0.3 is 25.6 Å². The van der Waals surface area contributed by atoms with Crippen LogP contribution in [0.4, 0.5) is 5.69 Å². The van der Waals surface area contributed by atoms with Crippen LogP contribution in [-0.4, -0.2) is 44.1 Å². The number of anilines is 1. The molecule has 8 N–H and O–H groups in total. The number of ether oxygens (including phenoxy) is 2. The van der Waals surface area contributed by atoms with Crippen molar-refractivity contribution in [2.45, 2.75) is 17.2 Å². The van der Waals surface area contributed by atoms with Crippen molar-refractivity contribution in [1.82, 2.24) is 4.98 Å². The third kappa shape index (κ3) is 5.68. The minimum Gasteiger partial charge on any atom is -0.505 e. The predicted molar refractivity (Wildman–Crippen MR) is 122 cm³/mol. The van der Waals surface area contributed by atoms with Gasteiger partial charge in [0.1, 0.15) is 17.1 Å². The van der Waals surface area contributed by atoms with Crippen molar-refractivity contribution < 1.29 is 38.1 Å². The summed E-state index contributed by atoms with van der Waals surface area (Å²) in [7, 11) is -2.16. The lowest BCUT2D eigenvalue weighted by molar-refractivity contribution is -0.135. The molecule has 0 atom stereocenters. The van der Waals surface area contributed by atoms with Gasteiger partial charge in [0.15, 0.2) is 5.75 Å². The summed E-state index contributed by atoms with van der Waals surface area (Å²) in [6.07, 6.45) is -0.544. The van der Waals surface area contributed by atoms with Crippen molar-refractivity contribution in [3.05, 3.63) is 35.9 Å². The number of nitrogens with one attached hydrogen (secondary N) is 1. The van der Waals surface area contributed by atoms with E-state index in [0.717, 1.165) is 11.3 Å². The van der Waals surface area contributed by atoms with Gasteiger partial charge >= 0.3 is 5.97 Å². The molecule has 0 bridgehead atoms. The minimum atomic E-state index is -3.45. The Morgan fingerprint density at radius 3 is 2.55 bits per heavy atom. The number of methoxy groups -OCH3 is 1. The van der Waals surface area contributed by atoms with Crippen LogP contribution in [0.3, 0.4) is 0 Å². The van der Waals surface area contributed by atoms with Gasteiger partial charge in [-0.15, -0.1) is 0 Å². The summed E-state index contributed by atoms with van der Waals surface area (Å²) >= 11 is 0.952. The van der Waals surface area contributed by atoms with Crippen molar-refractivity contribution >= 4 is 55.8 Å². The number of rotatable bonds is 8. The summed E-state index contributed by atoms with van der Waals surface area (Å²) in [4.78, 5) is 39.9. The van der Waals surface area contributed by atoms with Crippen LogP contribution in [0.15, 0.2) is 34.7 Å². The molecule has 0 radical (unpaired) electrons. The average molecular weight is 497 g/mol. The number of esters is 1. The number of aromatic nitrogens is 1. The number of nitrogens with zero attached hydrogens (tertiary/aromatic N) is 1. The Bertz CT molecular complexity index is 1240. The topological polar surface area (TPSA) is 207 Å². The zero-order valence-electron chi connectivity index (χ0n) is 17.1. The predicted octanol–water partition coefficient (Wildman–Crippen LogP) is 2.42. The first-order valence-electron chi connectivity index (χ1n) is 9.16. The van der Waals surface area contributed by atoms with E-state index in [1.54, 1.807) is 0 Å². The van der Waals surface area contributed by atoms with Gasteiger partial charge in [-0.2, -0.15) is 0 Å². The molecule has 2 amide bonds. The van der Waals surface area contributed by atoms with Crippen LogP contribution >= 0.6 is 22.1 Å². The smallest absolute Gasteiger partial charge is 0.311 e. The maximum absolute atomic E-state index is 12.2. The number of nitrogens with two attached hydrogens (primary N) is 2. The second-order valence-electron chi connectivity index (χ2n) is 6.63. The Hall–Kier alpha value is -3.43. The summed E-state index contributed by atoms with van der Waals surface area (Å²) < 4.78 is 29.7. The molecule has 0 aliphatic rings. The Kier molecular flexibility index (Phi) is 7.04. The van der Waals surface area contributed by atoms with E-state index in [9.17, 15) is 28.6 Å². The molecule has 176 valence electrons. The number of primary amides is 1. The maximum Gasteiger partial charge on any atom is 0.311 e. The first-order chi connectivity index (χ1) is 15.5. The molecule has 1 heterocycles. The molecule has 2 aromatic carbocycles. The van der Waals surface area contributed by atoms with E-state index in [2.05, 4.69) is 10.3 Å². The second-order valence-corrected chi connectivity index (χ2v) is 9.49. The number of fused-ring (bicyclic) bond motifs is 1. The summed E-state index contributed by atoms with van der Waals surface area (Å²) in [6.45, 7) is 0. The number of thiazole rings is 1. The van der Waals surface area contributed by atoms with Crippen LogP contribution in [0.1, 0.15) is 23.2 Å². The highest BCUT2D eigenvalue weighted by atomic mass is 32.3. The summed E-state index contributed by atoms with van der Waals surface area (Å²) in [5, 5.41) is 17.9. The quantitative estimate of drug-likeness (QED) is 0.152. The fraction of sp³-hybridized carbons (Fsp3) is 0.158. The van der Waals surface area contributed by atoms with Crippen LogP contribution in [0.2, 0.25) is 0 Å². The van der Waals surface area contributed by atoms with Gasteiger partial charge in [0.25, 0.3) is 5.91 Å². The van der Waals surface area contributed by atoms with Crippen LogP contribution in [0, 0.1) is 0 Å². The molecule has 0 unspecified atom stereocenters. The van der Waals surface area contributed by atoms with E-state index in [0.29, 0.717) is 10.2 Å². The molecule has 0 spiro atoms. The lowest BCUT2D eigenvalue weighted by Crippen LogP contribution is -2.17. The molecule has 3 rings (SSSR count). The molecule has 33 heavy (non-hydrogen) atoms. The van der Waals surface area contributed by atoms with E-state index < -0.39 is 34.3 Å². The highest BCUT2D eigenvalue weighted by Crippen LogP contribution is 2.44. The number of carbonyl (C=O) groups is 3. The first kappa shape index (κ1) is 24.2. The van der Waals surface area contributed by atoms with Crippen molar-refractivity contribution in [1.29, 1.82) is 0 Å². The molecule has 0 saturated carbocycles. The Morgan fingerprint density at radius 1 is 1.18 bits per heavy atom. The lowest BCUT2D eigenvalue weighted by Gasteiger charge is -2.21. The van der Waals surface area contributed by atoms with Gasteiger partial charge in [0, 0.05) is 12.5 Å². The maximum atomic E-state index is 12.2. The van der Waals surface area contributed by atoms with Crippen LogP contribution in [-0.2, 0) is 9.59 Å². The number of aromatic hydroxyl groups is 1. The Labute approximate surface area is 192 Å². The molecule has 0 aliphatic heterocycles. The Morgan fingerprint density at radius 2 is 1.91 bits per heavy atom. The van der Waals surface area contributed by atoms with Gasteiger partial charge in [0.2, 0.25) is 10.2 Å². The molecule has 0 fully saturated rings. The number of hydrogen-bond donors (Lipinski definition) is 6. The van der Waals surface area contributed by atoms with E-state index >= 15 is 0 Å². The molecule has 12 nitrogen and oxygen atoms in total. The fourth-order valence-electron chi connectivity index (χ4n) is 2.77. The number of carbonyl (C=O) groups excluding carboxylic acids is 3. The fourth-order valence-corrected chi connectivity index (χ4v) is 4.49. The monoisotopic (exact) mass is 496 g/mol. The number of phenols is 1. The molecule has 0 saturated heterocycles. The summed E-state index contributed by atoms with van der Waals surface area (Å²) in [6, 6.07) is 7.16. The van der Waals surface area contributed by atoms with Crippen molar-refractivity contribution in [2.75, 3.05) is 12.4 Å². The van der Waals surface area contributed by atoms with Crippen molar-refractivity contribution in [2.24, 2.45) is 10.9 Å². The standard InChI is InChI=1S/C19H20N4O8S2/c1-30-12-5-4-11(17(26)16(12)18(20)27)22-14(24)6-7-15(25)31-9-2-3-10-13(8-9)32-19(23-10)33(21,28)29/h2-5,8,26,28-29H,6-7,21H2,1H3,(H2,20,27)(H,22,24). The normalized spacial score (nSPS) is 11.8. The zero-order valence-corrected chi connectivity index (χ0v) is 18.7. The first-order valence-corrected chi connectivity index (χ1v) is 11.6. The van der Waals surface area contributed by atoms with E-state index in [1.807, 2.05) is 0 Å². The van der Waals surface area contributed by atoms with E-state index in [1.165, 1.54) is 37.4 Å². The third-order valence-corrected chi connectivity index (χ3v) is 6.67. The van der Waals surface area contributed by atoms with Gasteiger partial charge in [-0.25, -0.2) is 10.1 Å². The van der Waals surface area contributed by atoms with Gasteiger partial charge in [-0.3, -0.25) is 23.5 Å². The van der Waals surface area contributed by atoms with Crippen LogP contribution in [0.25, 0.3) is 10.2 Å². The number of amides is 2. The van der Waals surface area contributed by atoms with Gasteiger partial charge in [-0.1, -0.05) is 22.1 Å². The Balaban J connectivity index is 1.60. The molecular weight excluding hydrogens is 476 g/mol. The van der Waals surface area contributed by atoms with Crippen LogP contribution < -0.4 is 25.7 Å². The lowest BCUT2D eigenvalue weighted by atomic mass is 10.1. The minimum absolute atomic E-state index is 0.0427. The summed E-state index contributed by atoms with van der Waals surface area (Å²) in [5.41, 5.74) is 5.33. The van der Waals surface area contributed by atoms with Gasteiger partial charge in [-0.05, 0) is 24.3 Å². The van der Waals surface area contributed by atoms with E-state index in [-0.39, 0.29) is 39.9 Å². The molecular formula is C19H20N4O8S2. The van der Waals surface area contributed by atoms with Gasteiger partial charge in [0.05, 0.1) is 29.4 Å². The largest absolute Gasteiger partial charge is 0.505 e. The highest BCUT2D eigenvalue weighted by Gasteiger charge is 2.20. The summed E-state index contributed by atoms with van der Waals surface area (Å²) in [5.74, 6) is -2.58. The zero-order chi connectivity index (χ0) is 24.3.